The number of hydrogen-bond acceptors (Lipinski definition) is 4. The van der Waals surface area contributed by atoms with E-state index in [4.69, 9.17) is 10.2 Å². The molecule has 4 heteroatoms. The SMILES string of the molecule is CC(CCNCO)CC(C)(C)CNCO. The smallest absolute Gasteiger partial charge is 0.0931 e. The van der Waals surface area contributed by atoms with Crippen molar-refractivity contribution in [2.75, 3.05) is 26.6 Å². The molecule has 0 heterocycles. The van der Waals surface area contributed by atoms with Crippen molar-refractivity contribution < 1.29 is 10.2 Å². The highest BCUT2D eigenvalue weighted by Gasteiger charge is 2.20. The minimum Gasteiger partial charge on any atom is -0.381 e. The van der Waals surface area contributed by atoms with Gasteiger partial charge in [0.15, 0.2) is 0 Å². The summed E-state index contributed by atoms with van der Waals surface area (Å²) in [5.41, 5.74) is 0.210. The predicted molar refractivity (Wildman–Crippen MR) is 62.4 cm³/mol. The lowest BCUT2D eigenvalue weighted by Gasteiger charge is -2.28. The zero-order chi connectivity index (χ0) is 11.7. The summed E-state index contributed by atoms with van der Waals surface area (Å²) in [4.78, 5) is 0. The molecule has 92 valence electrons. The highest BCUT2D eigenvalue weighted by atomic mass is 16.3. The van der Waals surface area contributed by atoms with Crippen molar-refractivity contribution in [1.29, 1.82) is 0 Å². The average molecular weight is 218 g/mol. The zero-order valence-electron chi connectivity index (χ0n) is 10.2. The van der Waals surface area contributed by atoms with E-state index in [-0.39, 0.29) is 18.9 Å². The summed E-state index contributed by atoms with van der Waals surface area (Å²) in [6.45, 7) is 8.42. The first-order valence-corrected chi connectivity index (χ1v) is 5.65. The van der Waals surface area contributed by atoms with E-state index in [0.717, 1.165) is 25.9 Å². The Morgan fingerprint density at radius 1 is 1.13 bits per heavy atom. The van der Waals surface area contributed by atoms with Crippen molar-refractivity contribution in [2.45, 2.75) is 33.6 Å². The maximum Gasteiger partial charge on any atom is 0.0931 e. The summed E-state index contributed by atoms with van der Waals surface area (Å²) in [6, 6.07) is 0. The van der Waals surface area contributed by atoms with Gasteiger partial charge in [0.1, 0.15) is 0 Å². The lowest BCUT2D eigenvalue weighted by Crippen LogP contribution is -2.32. The Kier molecular flexibility index (Phi) is 7.96. The first kappa shape index (κ1) is 14.8. The number of nitrogens with one attached hydrogen (secondary N) is 2. The summed E-state index contributed by atoms with van der Waals surface area (Å²) in [5.74, 6) is 0.625. The Morgan fingerprint density at radius 2 is 1.73 bits per heavy atom. The second-order valence-electron chi connectivity index (χ2n) is 5.01. The molecule has 0 aromatic rings. The number of rotatable bonds is 9. The lowest BCUT2D eigenvalue weighted by molar-refractivity contribution is 0.200. The molecule has 0 aliphatic rings. The highest BCUT2D eigenvalue weighted by molar-refractivity contribution is 4.74. The Morgan fingerprint density at radius 3 is 2.27 bits per heavy atom. The number of aliphatic hydroxyl groups is 2. The minimum atomic E-state index is 0.0455. The molecule has 1 unspecified atom stereocenters. The highest BCUT2D eigenvalue weighted by Crippen LogP contribution is 2.25. The molecular weight excluding hydrogens is 192 g/mol. The molecule has 0 saturated heterocycles. The van der Waals surface area contributed by atoms with Crippen LogP contribution in [-0.4, -0.2) is 36.8 Å². The van der Waals surface area contributed by atoms with E-state index in [0.29, 0.717) is 5.92 Å². The molecule has 0 saturated carbocycles. The molecule has 0 spiro atoms. The third kappa shape index (κ3) is 8.81. The van der Waals surface area contributed by atoms with Gasteiger partial charge < -0.3 is 10.2 Å². The predicted octanol–water partition coefficient (Wildman–Crippen LogP) is 0.508. The van der Waals surface area contributed by atoms with Crippen molar-refractivity contribution >= 4 is 0 Å². The Hall–Kier alpha value is -0.160. The van der Waals surface area contributed by atoms with Crippen LogP contribution in [0.25, 0.3) is 0 Å². The van der Waals surface area contributed by atoms with Gasteiger partial charge in [0, 0.05) is 6.54 Å². The molecule has 15 heavy (non-hydrogen) atoms. The van der Waals surface area contributed by atoms with Crippen LogP contribution >= 0.6 is 0 Å². The van der Waals surface area contributed by atoms with Crippen LogP contribution in [-0.2, 0) is 0 Å². The second-order valence-corrected chi connectivity index (χ2v) is 5.01. The molecule has 4 nitrogen and oxygen atoms in total. The minimum absolute atomic E-state index is 0.0455. The molecule has 0 aromatic carbocycles. The van der Waals surface area contributed by atoms with Gasteiger partial charge in [-0.05, 0) is 30.7 Å². The molecular formula is C11H26N2O2. The van der Waals surface area contributed by atoms with Crippen molar-refractivity contribution in [3.63, 3.8) is 0 Å². The largest absolute Gasteiger partial charge is 0.381 e. The fraction of sp³-hybridized carbons (Fsp3) is 1.00. The summed E-state index contributed by atoms with van der Waals surface area (Å²) < 4.78 is 0. The standard InChI is InChI=1S/C11H26N2O2/c1-10(4-5-12-8-14)6-11(2,3)7-13-9-15/h10,12-15H,4-9H2,1-3H3. The van der Waals surface area contributed by atoms with E-state index in [9.17, 15) is 0 Å². The average Bonchev–Trinajstić information content (AvgIpc) is 2.14. The monoisotopic (exact) mass is 218 g/mol. The van der Waals surface area contributed by atoms with Crippen molar-refractivity contribution in [2.24, 2.45) is 11.3 Å². The summed E-state index contributed by atoms with van der Waals surface area (Å²) in [5, 5.41) is 23.1. The number of hydrogen-bond donors (Lipinski definition) is 4. The van der Waals surface area contributed by atoms with Gasteiger partial charge in [-0.25, -0.2) is 0 Å². The maximum atomic E-state index is 8.69. The van der Waals surface area contributed by atoms with Crippen LogP contribution in [0.3, 0.4) is 0 Å². The van der Waals surface area contributed by atoms with Crippen LogP contribution in [0.1, 0.15) is 33.6 Å². The molecule has 4 N–H and O–H groups in total. The van der Waals surface area contributed by atoms with Crippen LogP contribution in [0, 0.1) is 11.3 Å². The zero-order valence-corrected chi connectivity index (χ0v) is 10.2. The van der Waals surface area contributed by atoms with E-state index in [1.165, 1.54) is 0 Å². The van der Waals surface area contributed by atoms with Crippen LogP contribution in [0.5, 0.6) is 0 Å². The molecule has 0 fully saturated rings. The third-order valence-corrected chi connectivity index (χ3v) is 2.54. The fourth-order valence-electron chi connectivity index (χ4n) is 1.94. The van der Waals surface area contributed by atoms with E-state index < -0.39 is 0 Å². The first-order valence-electron chi connectivity index (χ1n) is 5.65. The Labute approximate surface area is 93.1 Å². The van der Waals surface area contributed by atoms with Crippen molar-refractivity contribution in [3.05, 3.63) is 0 Å². The van der Waals surface area contributed by atoms with Crippen LogP contribution in [0.2, 0.25) is 0 Å². The molecule has 0 bridgehead atoms. The van der Waals surface area contributed by atoms with Gasteiger partial charge in [-0.15, -0.1) is 0 Å². The van der Waals surface area contributed by atoms with Crippen molar-refractivity contribution in [1.82, 2.24) is 10.6 Å². The van der Waals surface area contributed by atoms with Gasteiger partial charge in [0.25, 0.3) is 0 Å². The van der Waals surface area contributed by atoms with E-state index in [1.807, 2.05) is 0 Å². The van der Waals surface area contributed by atoms with Gasteiger partial charge in [0.2, 0.25) is 0 Å². The van der Waals surface area contributed by atoms with E-state index in [1.54, 1.807) is 0 Å². The normalized spacial score (nSPS) is 14.2. The van der Waals surface area contributed by atoms with Gasteiger partial charge in [-0.3, -0.25) is 10.6 Å². The van der Waals surface area contributed by atoms with Crippen LogP contribution in [0.4, 0.5) is 0 Å². The van der Waals surface area contributed by atoms with Crippen LogP contribution < -0.4 is 10.6 Å². The van der Waals surface area contributed by atoms with Gasteiger partial charge in [-0.2, -0.15) is 0 Å². The maximum absolute atomic E-state index is 8.69. The third-order valence-electron chi connectivity index (χ3n) is 2.54. The Balaban J connectivity index is 3.67. The van der Waals surface area contributed by atoms with Crippen molar-refractivity contribution in [3.8, 4) is 0 Å². The van der Waals surface area contributed by atoms with Gasteiger partial charge in [0.05, 0.1) is 13.5 Å². The molecule has 0 rings (SSSR count). The molecule has 0 aliphatic heterocycles. The molecule has 0 radical (unpaired) electrons. The summed E-state index contributed by atoms with van der Waals surface area (Å²) >= 11 is 0. The van der Waals surface area contributed by atoms with E-state index >= 15 is 0 Å². The quantitative estimate of drug-likeness (QED) is 0.336. The lowest BCUT2D eigenvalue weighted by atomic mass is 9.82. The molecule has 0 amide bonds. The number of aliphatic hydroxyl groups excluding tert-OH is 2. The van der Waals surface area contributed by atoms with Crippen LogP contribution in [0.15, 0.2) is 0 Å². The topological polar surface area (TPSA) is 64.5 Å². The fourth-order valence-corrected chi connectivity index (χ4v) is 1.94. The Bertz CT molecular complexity index is 152. The second kappa shape index (κ2) is 8.05. The first-order chi connectivity index (χ1) is 7.02. The summed E-state index contributed by atoms with van der Waals surface area (Å²) in [6.07, 6.45) is 2.19. The summed E-state index contributed by atoms with van der Waals surface area (Å²) in [7, 11) is 0. The molecule has 0 aromatic heterocycles. The van der Waals surface area contributed by atoms with Gasteiger partial charge in [-0.1, -0.05) is 20.8 Å². The van der Waals surface area contributed by atoms with E-state index in [2.05, 4.69) is 31.4 Å². The molecule has 0 aliphatic carbocycles. The molecule has 1 atom stereocenters. The van der Waals surface area contributed by atoms with Gasteiger partial charge >= 0.3 is 0 Å².